The third-order valence-electron chi connectivity index (χ3n) is 4.57. The van der Waals surface area contributed by atoms with Gasteiger partial charge in [0.1, 0.15) is 16.7 Å². The first-order chi connectivity index (χ1) is 12.3. The molecule has 2 aromatic heterocycles. The van der Waals surface area contributed by atoms with E-state index in [4.69, 9.17) is 17.3 Å². The number of aryl methyl sites for hydroxylation is 3. The lowest BCUT2D eigenvalue weighted by atomic mass is 10.0. The summed E-state index contributed by atoms with van der Waals surface area (Å²) in [4.78, 5) is 31.3. The molecule has 7 heteroatoms. The number of nitrogens with two attached hydrogens (primary N) is 1. The van der Waals surface area contributed by atoms with E-state index in [1.807, 2.05) is 25.1 Å². The van der Waals surface area contributed by atoms with Crippen LogP contribution in [0.4, 0.5) is 0 Å². The van der Waals surface area contributed by atoms with Crippen LogP contribution in [0.1, 0.15) is 36.2 Å². The number of nitrogens with zero attached hydrogens (tertiary/aromatic N) is 2. The average Bonchev–Trinajstić information content (AvgIpc) is 2.95. The van der Waals surface area contributed by atoms with Crippen molar-refractivity contribution in [3.8, 4) is 11.1 Å². The minimum Gasteiger partial charge on any atom is -0.368 e. The van der Waals surface area contributed by atoms with Gasteiger partial charge in [-0.3, -0.25) is 14.2 Å². The molecule has 1 atom stereocenters. The molecule has 0 aliphatic carbocycles. The number of hydrogen-bond donors (Lipinski definition) is 1. The van der Waals surface area contributed by atoms with Crippen LogP contribution in [-0.2, 0) is 11.2 Å². The fourth-order valence-electron chi connectivity index (χ4n) is 3.15. The number of rotatable bonds is 4. The van der Waals surface area contributed by atoms with E-state index >= 15 is 0 Å². The molecular formula is C19H20ClN3O2S. The summed E-state index contributed by atoms with van der Waals surface area (Å²) in [5.74, 6) is -0.0808. The van der Waals surface area contributed by atoms with Gasteiger partial charge in [-0.15, -0.1) is 11.3 Å². The lowest BCUT2D eigenvalue weighted by Crippen LogP contribution is -2.34. The summed E-state index contributed by atoms with van der Waals surface area (Å²) in [6.45, 7) is 7.32. The maximum Gasteiger partial charge on any atom is 0.263 e. The number of amides is 1. The largest absolute Gasteiger partial charge is 0.368 e. The number of carbonyl (C=O) groups is 1. The van der Waals surface area contributed by atoms with Gasteiger partial charge in [-0.1, -0.05) is 24.6 Å². The first kappa shape index (κ1) is 18.6. The smallest absolute Gasteiger partial charge is 0.263 e. The molecule has 26 heavy (non-hydrogen) atoms. The van der Waals surface area contributed by atoms with Gasteiger partial charge in [0.05, 0.1) is 5.39 Å². The van der Waals surface area contributed by atoms with Gasteiger partial charge in [0.15, 0.2) is 0 Å². The zero-order chi connectivity index (χ0) is 19.2. The lowest BCUT2D eigenvalue weighted by molar-refractivity contribution is -0.120. The van der Waals surface area contributed by atoms with Crippen LogP contribution >= 0.6 is 22.9 Å². The zero-order valence-corrected chi connectivity index (χ0v) is 16.7. The third kappa shape index (κ3) is 2.93. The Balaban J connectivity index is 2.42. The van der Waals surface area contributed by atoms with Crippen molar-refractivity contribution in [2.45, 2.75) is 40.2 Å². The molecule has 1 aromatic carbocycles. The third-order valence-corrected chi connectivity index (χ3v) is 6.23. The quantitative estimate of drug-likeness (QED) is 0.732. The molecule has 1 amide bonds. The fraction of sp³-hybridized carbons (Fsp3) is 0.316. The number of aromatic nitrogens is 2. The topological polar surface area (TPSA) is 78.0 Å². The van der Waals surface area contributed by atoms with Gasteiger partial charge >= 0.3 is 0 Å². The Morgan fingerprint density at radius 3 is 2.65 bits per heavy atom. The summed E-state index contributed by atoms with van der Waals surface area (Å²) in [6, 6.07) is 4.96. The van der Waals surface area contributed by atoms with Crippen LogP contribution < -0.4 is 11.3 Å². The van der Waals surface area contributed by atoms with Gasteiger partial charge in [-0.25, -0.2) is 4.98 Å². The summed E-state index contributed by atoms with van der Waals surface area (Å²) in [6.07, 6.45) is 0.780. The van der Waals surface area contributed by atoms with Crippen molar-refractivity contribution >= 4 is 39.1 Å². The second-order valence-electron chi connectivity index (χ2n) is 6.31. The normalized spacial score (nSPS) is 12.5. The van der Waals surface area contributed by atoms with Crippen LogP contribution in [-0.4, -0.2) is 15.5 Å². The summed E-state index contributed by atoms with van der Waals surface area (Å²) in [7, 11) is 0. The van der Waals surface area contributed by atoms with Crippen molar-refractivity contribution in [3.05, 3.63) is 49.8 Å². The van der Waals surface area contributed by atoms with Gasteiger partial charge in [0.25, 0.3) is 5.56 Å². The second-order valence-corrected chi connectivity index (χ2v) is 7.80. The summed E-state index contributed by atoms with van der Waals surface area (Å²) < 4.78 is 1.38. The average molecular weight is 390 g/mol. The minimum atomic E-state index is -0.760. The van der Waals surface area contributed by atoms with Gasteiger partial charge in [-0.2, -0.15) is 0 Å². The Kier molecular flexibility index (Phi) is 4.90. The molecule has 5 nitrogen and oxygen atoms in total. The van der Waals surface area contributed by atoms with E-state index in [1.165, 1.54) is 15.9 Å². The van der Waals surface area contributed by atoms with Crippen LogP contribution in [0.25, 0.3) is 21.3 Å². The highest BCUT2D eigenvalue weighted by Crippen LogP contribution is 2.38. The Bertz CT molecular complexity index is 1080. The van der Waals surface area contributed by atoms with E-state index in [0.717, 1.165) is 28.0 Å². The highest BCUT2D eigenvalue weighted by molar-refractivity contribution is 7.19. The zero-order valence-electron chi connectivity index (χ0n) is 15.1. The molecule has 1 unspecified atom stereocenters. The van der Waals surface area contributed by atoms with Crippen molar-refractivity contribution in [1.29, 1.82) is 0 Å². The molecule has 0 aliphatic rings. The molecule has 0 bridgehead atoms. The Morgan fingerprint density at radius 1 is 1.38 bits per heavy atom. The van der Waals surface area contributed by atoms with Crippen molar-refractivity contribution in [2.75, 3.05) is 0 Å². The first-order valence-electron chi connectivity index (χ1n) is 8.36. The van der Waals surface area contributed by atoms with Gasteiger partial charge < -0.3 is 5.73 Å². The minimum absolute atomic E-state index is 0.239. The first-order valence-corrected chi connectivity index (χ1v) is 9.56. The van der Waals surface area contributed by atoms with Crippen molar-refractivity contribution < 1.29 is 4.79 Å². The van der Waals surface area contributed by atoms with Crippen molar-refractivity contribution in [3.63, 3.8) is 0 Å². The molecule has 3 rings (SSSR count). The highest BCUT2D eigenvalue weighted by atomic mass is 35.5. The van der Waals surface area contributed by atoms with E-state index in [1.54, 1.807) is 13.8 Å². The summed E-state index contributed by atoms with van der Waals surface area (Å²) >= 11 is 7.67. The Morgan fingerprint density at radius 2 is 2.08 bits per heavy atom. The number of hydrogen-bond acceptors (Lipinski definition) is 4. The van der Waals surface area contributed by atoms with E-state index in [2.05, 4.69) is 11.9 Å². The van der Waals surface area contributed by atoms with Crippen LogP contribution in [0.15, 0.2) is 23.0 Å². The molecule has 0 saturated heterocycles. The summed E-state index contributed by atoms with van der Waals surface area (Å²) in [5.41, 5.74) is 7.93. The monoisotopic (exact) mass is 389 g/mol. The number of primary amides is 1. The molecule has 3 aromatic rings. The standard InChI is InChI=1S/C19H20ClN3O2S/c1-5-14-15(12-6-7-13(20)9(2)8-12)16-18(26-14)22-11(4)23(19(16)25)10(3)17(21)24/h6-8,10H,5H2,1-4H3,(H2,21,24). The molecule has 136 valence electrons. The molecule has 0 fully saturated rings. The molecule has 2 heterocycles. The Labute approximate surface area is 160 Å². The Hall–Kier alpha value is -2.18. The van der Waals surface area contributed by atoms with Crippen LogP contribution in [0.3, 0.4) is 0 Å². The second kappa shape index (κ2) is 6.85. The van der Waals surface area contributed by atoms with Crippen LogP contribution in [0.5, 0.6) is 0 Å². The maximum atomic E-state index is 13.3. The highest BCUT2D eigenvalue weighted by Gasteiger charge is 2.23. The van der Waals surface area contributed by atoms with E-state index in [-0.39, 0.29) is 5.56 Å². The number of benzene rings is 1. The molecular weight excluding hydrogens is 370 g/mol. The van der Waals surface area contributed by atoms with Crippen molar-refractivity contribution in [2.24, 2.45) is 5.73 Å². The number of carbonyl (C=O) groups excluding carboxylic acids is 1. The number of halogens is 1. The van der Waals surface area contributed by atoms with E-state index < -0.39 is 11.9 Å². The van der Waals surface area contributed by atoms with Crippen LogP contribution in [0, 0.1) is 13.8 Å². The maximum absolute atomic E-state index is 13.3. The molecule has 0 saturated carbocycles. The number of fused-ring (bicyclic) bond motifs is 1. The molecule has 2 N–H and O–H groups in total. The lowest BCUT2D eigenvalue weighted by Gasteiger charge is -2.15. The molecule has 0 spiro atoms. The van der Waals surface area contributed by atoms with Gasteiger partial charge in [0.2, 0.25) is 5.91 Å². The summed E-state index contributed by atoms with van der Waals surface area (Å²) in [5, 5.41) is 1.22. The SMILES string of the molecule is CCc1sc2nc(C)n(C(C)C(N)=O)c(=O)c2c1-c1ccc(Cl)c(C)c1. The predicted octanol–water partition coefficient (Wildman–Crippen LogP) is 4.00. The number of thiophene rings is 1. The van der Waals surface area contributed by atoms with Gasteiger partial charge in [0, 0.05) is 15.5 Å². The van der Waals surface area contributed by atoms with Crippen LogP contribution in [0.2, 0.25) is 5.02 Å². The molecule has 0 aliphatic heterocycles. The predicted molar refractivity (Wildman–Crippen MR) is 107 cm³/mol. The van der Waals surface area contributed by atoms with E-state index in [9.17, 15) is 9.59 Å². The fourth-order valence-corrected chi connectivity index (χ4v) is 4.43. The van der Waals surface area contributed by atoms with E-state index in [0.29, 0.717) is 21.1 Å². The van der Waals surface area contributed by atoms with Crippen molar-refractivity contribution in [1.82, 2.24) is 9.55 Å². The molecule has 0 radical (unpaired) electrons. The van der Waals surface area contributed by atoms with Gasteiger partial charge in [-0.05, 0) is 50.5 Å².